The smallest absolute Gasteiger partial charge is 0.264 e. The van der Waals surface area contributed by atoms with Gasteiger partial charge in [-0.05, 0) is 75.3 Å². The van der Waals surface area contributed by atoms with Gasteiger partial charge in [-0.15, -0.1) is 0 Å². The van der Waals surface area contributed by atoms with E-state index in [2.05, 4.69) is 35.4 Å². The van der Waals surface area contributed by atoms with E-state index in [0.29, 0.717) is 5.75 Å². The number of carbonyl (C=O) groups excluding carboxylic acids is 1. The lowest BCUT2D eigenvalue weighted by atomic mass is 10.1. The number of benzene rings is 2. The molecule has 0 heterocycles. The van der Waals surface area contributed by atoms with Crippen molar-refractivity contribution in [2.24, 2.45) is 0 Å². The second-order valence-electron chi connectivity index (χ2n) is 6.23. The van der Waals surface area contributed by atoms with E-state index in [1.807, 2.05) is 50.2 Å². The van der Waals surface area contributed by atoms with Crippen LogP contribution in [-0.2, 0) is 4.79 Å². The first-order chi connectivity index (χ1) is 12.9. The fourth-order valence-corrected chi connectivity index (χ4v) is 2.98. The minimum Gasteiger partial charge on any atom is -0.483 e. The predicted octanol–water partition coefficient (Wildman–Crippen LogP) is 4.04. The van der Waals surface area contributed by atoms with Crippen LogP contribution in [0.2, 0.25) is 0 Å². The molecule has 2 N–H and O–H groups in total. The number of rotatable bonds is 7. The molecule has 0 aliphatic carbocycles. The summed E-state index contributed by atoms with van der Waals surface area (Å²) in [7, 11) is 0. The van der Waals surface area contributed by atoms with Crippen molar-refractivity contribution in [3.05, 3.63) is 53.6 Å². The Kier molecular flexibility index (Phi) is 7.61. The first-order valence-electron chi connectivity index (χ1n) is 9.09. The Morgan fingerprint density at radius 1 is 1.07 bits per heavy atom. The number of aryl methyl sites for hydroxylation is 2. The number of hydrogen-bond acceptors (Lipinski definition) is 4. The molecule has 144 valence electrons. The zero-order chi connectivity index (χ0) is 19.8. The highest BCUT2D eigenvalue weighted by molar-refractivity contribution is 7.80. The highest BCUT2D eigenvalue weighted by Crippen LogP contribution is 2.22. The van der Waals surface area contributed by atoms with E-state index >= 15 is 0 Å². The minimum absolute atomic E-state index is 0.0907. The van der Waals surface area contributed by atoms with Crippen LogP contribution < -0.4 is 20.3 Å². The number of nitrogens with one attached hydrogen (secondary N) is 2. The van der Waals surface area contributed by atoms with Crippen LogP contribution in [0.5, 0.6) is 5.75 Å². The number of thiocarbonyl (C=S) groups is 1. The number of para-hydroxylation sites is 1. The molecule has 2 aromatic carbocycles. The van der Waals surface area contributed by atoms with Gasteiger partial charge in [-0.2, -0.15) is 0 Å². The molecule has 0 aliphatic rings. The summed E-state index contributed by atoms with van der Waals surface area (Å²) < 4.78 is 5.54. The summed E-state index contributed by atoms with van der Waals surface area (Å²) in [5.74, 6) is 0.391. The van der Waals surface area contributed by atoms with Gasteiger partial charge in [0.05, 0.1) is 0 Å². The zero-order valence-corrected chi connectivity index (χ0v) is 17.2. The lowest BCUT2D eigenvalue weighted by molar-refractivity contribution is -0.121. The molecule has 0 saturated heterocycles. The lowest BCUT2D eigenvalue weighted by Gasteiger charge is -2.22. The van der Waals surface area contributed by atoms with Gasteiger partial charge in [-0.1, -0.05) is 18.2 Å². The molecule has 5 nitrogen and oxygen atoms in total. The van der Waals surface area contributed by atoms with E-state index < -0.39 is 0 Å². The highest BCUT2D eigenvalue weighted by atomic mass is 32.1. The number of hydrogen-bond donors (Lipinski definition) is 2. The van der Waals surface area contributed by atoms with Crippen LogP contribution in [0.3, 0.4) is 0 Å². The van der Waals surface area contributed by atoms with Crippen LogP contribution in [0.15, 0.2) is 42.5 Å². The van der Waals surface area contributed by atoms with Crippen molar-refractivity contribution in [2.45, 2.75) is 27.7 Å². The molecule has 2 aromatic rings. The van der Waals surface area contributed by atoms with Crippen LogP contribution in [0.1, 0.15) is 25.0 Å². The maximum Gasteiger partial charge on any atom is 0.264 e. The summed E-state index contributed by atoms with van der Waals surface area (Å²) in [6.45, 7) is 10.0. The van der Waals surface area contributed by atoms with Gasteiger partial charge in [-0.25, -0.2) is 0 Å². The Morgan fingerprint density at radius 2 is 1.78 bits per heavy atom. The fourth-order valence-electron chi connectivity index (χ4n) is 2.75. The number of ether oxygens (including phenoxy) is 1. The summed E-state index contributed by atoms with van der Waals surface area (Å²) in [4.78, 5) is 14.3. The molecular weight excluding hydrogens is 358 g/mol. The Bertz CT molecular complexity index is 804. The average Bonchev–Trinajstić information content (AvgIpc) is 2.64. The molecule has 0 bridgehead atoms. The summed E-state index contributed by atoms with van der Waals surface area (Å²) in [5.41, 5.74) is 4.09. The summed E-state index contributed by atoms with van der Waals surface area (Å²) in [6.07, 6.45) is 0. The van der Waals surface area contributed by atoms with Gasteiger partial charge in [0, 0.05) is 24.5 Å². The van der Waals surface area contributed by atoms with Gasteiger partial charge in [0.25, 0.3) is 5.91 Å². The molecule has 0 aromatic heterocycles. The Morgan fingerprint density at radius 3 is 2.41 bits per heavy atom. The maximum atomic E-state index is 12.1. The molecule has 0 saturated carbocycles. The fraction of sp³-hybridized carbons (Fsp3) is 0.333. The lowest BCUT2D eigenvalue weighted by Crippen LogP contribution is -2.37. The second-order valence-corrected chi connectivity index (χ2v) is 6.64. The number of anilines is 2. The van der Waals surface area contributed by atoms with Crippen molar-refractivity contribution in [1.82, 2.24) is 5.32 Å². The Hall–Kier alpha value is -2.60. The van der Waals surface area contributed by atoms with E-state index in [1.165, 1.54) is 5.69 Å². The molecular formula is C21H27N3O2S. The third kappa shape index (κ3) is 5.96. The normalized spacial score (nSPS) is 10.2. The van der Waals surface area contributed by atoms with Gasteiger partial charge < -0.3 is 15.0 Å². The molecule has 2 rings (SSSR count). The molecule has 6 heteroatoms. The first-order valence-corrected chi connectivity index (χ1v) is 9.50. The topological polar surface area (TPSA) is 53.6 Å². The van der Waals surface area contributed by atoms with Crippen molar-refractivity contribution < 1.29 is 9.53 Å². The van der Waals surface area contributed by atoms with Crippen molar-refractivity contribution in [2.75, 3.05) is 29.9 Å². The molecule has 0 atom stereocenters. The Labute approximate surface area is 166 Å². The summed E-state index contributed by atoms with van der Waals surface area (Å²) in [5, 5.41) is 5.99. The van der Waals surface area contributed by atoms with E-state index in [9.17, 15) is 4.79 Å². The van der Waals surface area contributed by atoms with Crippen LogP contribution >= 0.6 is 12.2 Å². The SMILES string of the molecule is CCN(CC)c1ccc(NC(=S)NC(=O)COc2ccccc2C)c(C)c1. The molecule has 1 amide bonds. The number of nitrogens with zero attached hydrogens (tertiary/aromatic N) is 1. The van der Waals surface area contributed by atoms with Gasteiger partial charge in [0.1, 0.15) is 5.75 Å². The summed E-state index contributed by atoms with van der Waals surface area (Å²) >= 11 is 5.25. The molecule has 0 unspecified atom stereocenters. The van der Waals surface area contributed by atoms with Gasteiger partial charge in [0.2, 0.25) is 0 Å². The second kappa shape index (κ2) is 9.92. The maximum absolute atomic E-state index is 12.1. The van der Waals surface area contributed by atoms with Crippen molar-refractivity contribution in [1.29, 1.82) is 0 Å². The van der Waals surface area contributed by atoms with E-state index in [4.69, 9.17) is 17.0 Å². The molecule has 0 fully saturated rings. The van der Waals surface area contributed by atoms with E-state index in [1.54, 1.807) is 0 Å². The third-order valence-corrected chi connectivity index (χ3v) is 4.50. The van der Waals surface area contributed by atoms with Gasteiger partial charge >= 0.3 is 0 Å². The first kappa shape index (κ1) is 20.7. The molecule has 0 radical (unpaired) electrons. The number of amides is 1. The minimum atomic E-state index is -0.298. The predicted molar refractivity (Wildman–Crippen MR) is 116 cm³/mol. The highest BCUT2D eigenvalue weighted by Gasteiger charge is 2.09. The third-order valence-electron chi connectivity index (χ3n) is 4.29. The summed E-state index contributed by atoms with van der Waals surface area (Å²) in [6, 6.07) is 13.7. The van der Waals surface area contributed by atoms with E-state index in [-0.39, 0.29) is 17.6 Å². The average molecular weight is 386 g/mol. The largest absolute Gasteiger partial charge is 0.483 e. The van der Waals surface area contributed by atoms with Crippen molar-refractivity contribution in [3.8, 4) is 5.75 Å². The quantitative estimate of drug-likeness (QED) is 0.705. The molecule has 0 spiro atoms. The molecule has 27 heavy (non-hydrogen) atoms. The Balaban J connectivity index is 1.89. The van der Waals surface area contributed by atoms with Crippen LogP contribution in [0.4, 0.5) is 11.4 Å². The van der Waals surface area contributed by atoms with Crippen LogP contribution in [0, 0.1) is 13.8 Å². The van der Waals surface area contributed by atoms with E-state index in [0.717, 1.165) is 29.9 Å². The van der Waals surface area contributed by atoms with Crippen molar-refractivity contribution >= 4 is 34.6 Å². The zero-order valence-electron chi connectivity index (χ0n) is 16.3. The molecule has 0 aliphatic heterocycles. The standard InChI is InChI=1S/C21H27N3O2S/c1-5-24(6-2)17-11-12-18(16(4)13-17)22-21(27)23-20(25)14-26-19-10-8-7-9-15(19)3/h7-13H,5-6,14H2,1-4H3,(H2,22,23,25,27). The van der Waals surface area contributed by atoms with Crippen LogP contribution in [0.25, 0.3) is 0 Å². The number of carbonyl (C=O) groups is 1. The van der Waals surface area contributed by atoms with Gasteiger partial charge in [0.15, 0.2) is 11.7 Å². The van der Waals surface area contributed by atoms with Crippen LogP contribution in [-0.4, -0.2) is 30.7 Å². The monoisotopic (exact) mass is 385 g/mol. The van der Waals surface area contributed by atoms with Crippen molar-refractivity contribution in [3.63, 3.8) is 0 Å². The van der Waals surface area contributed by atoms with Gasteiger partial charge in [-0.3, -0.25) is 10.1 Å².